The van der Waals surface area contributed by atoms with E-state index in [4.69, 9.17) is 9.47 Å². The van der Waals surface area contributed by atoms with Gasteiger partial charge in [0, 0.05) is 31.3 Å². The second kappa shape index (κ2) is 4.09. The molecule has 2 aromatic rings. The molecule has 1 aliphatic heterocycles. The molecular weight excluding hydrogens is 206 g/mol. The van der Waals surface area contributed by atoms with Gasteiger partial charge in [0.15, 0.2) is 5.65 Å². The van der Waals surface area contributed by atoms with Gasteiger partial charge in [-0.15, -0.1) is 5.10 Å². The molecule has 0 spiro atoms. The topological polar surface area (TPSA) is 48.7 Å². The Kier molecular flexibility index (Phi) is 2.46. The van der Waals surface area contributed by atoms with E-state index < -0.39 is 0 Å². The molecule has 5 heteroatoms. The van der Waals surface area contributed by atoms with Crippen molar-refractivity contribution in [3.63, 3.8) is 0 Å². The van der Waals surface area contributed by atoms with Gasteiger partial charge in [0.1, 0.15) is 6.10 Å². The minimum Gasteiger partial charge on any atom is -0.473 e. The van der Waals surface area contributed by atoms with Gasteiger partial charge in [0.25, 0.3) is 0 Å². The summed E-state index contributed by atoms with van der Waals surface area (Å²) in [5.74, 6) is 0.650. The lowest BCUT2D eigenvalue weighted by molar-refractivity contribution is 0.0232. The van der Waals surface area contributed by atoms with Crippen molar-refractivity contribution in [3.05, 3.63) is 24.5 Å². The van der Waals surface area contributed by atoms with Crippen molar-refractivity contribution in [2.45, 2.75) is 18.9 Å². The summed E-state index contributed by atoms with van der Waals surface area (Å²) in [4.78, 5) is 4.13. The molecule has 0 bridgehead atoms. The number of fused-ring (bicyclic) bond motifs is 1. The van der Waals surface area contributed by atoms with E-state index in [-0.39, 0.29) is 6.10 Å². The maximum atomic E-state index is 5.79. The summed E-state index contributed by atoms with van der Waals surface area (Å²) in [7, 11) is 0. The second-order valence-electron chi connectivity index (χ2n) is 3.83. The Morgan fingerprint density at radius 1 is 1.31 bits per heavy atom. The van der Waals surface area contributed by atoms with Gasteiger partial charge in [-0.05, 0) is 6.07 Å². The second-order valence-corrected chi connectivity index (χ2v) is 3.83. The Labute approximate surface area is 93.0 Å². The number of nitrogens with zero attached hydrogens (tertiary/aromatic N) is 3. The number of rotatable bonds is 2. The van der Waals surface area contributed by atoms with Gasteiger partial charge in [-0.2, -0.15) is 0 Å². The summed E-state index contributed by atoms with van der Waals surface area (Å²) in [6, 6.07) is 3.76. The molecule has 1 aliphatic rings. The van der Waals surface area contributed by atoms with Crippen LogP contribution in [0.4, 0.5) is 0 Å². The molecule has 5 nitrogen and oxygen atoms in total. The summed E-state index contributed by atoms with van der Waals surface area (Å²) < 4.78 is 12.8. The molecule has 0 N–H and O–H groups in total. The number of aromatic nitrogens is 3. The third kappa shape index (κ3) is 1.86. The standard InChI is InChI=1S/C11H13N3O2/c1-2-11(13-14-6-5-12-10(1)14)16-9-3-7-15-8-4-9/h1-2,5-6,9H,3-4,7-8H2. The van der Waals surface area contributed by atoms with Crippen LogP contribution in [-0.4, -0.2) is 33.9 Å². The Morgan fingerprint density at radius 3 is 3.06 bits per heavy atom. The van der Waals surface area contributed by atoms with Gasteiger partial charge in [-0.1, -0.05) is 0 Å². The monoisotopic (exact) mass is 219 g/mol. The van der Waals surface area contributed by atoms with E-state index in [0.29, 0.717) is 5.88 Å². The molecule has 0 saturated carbocycles. The smallest absolute Gasteiger partial charge is 0.232 e. The molecule has 3 heterocycles. The first-order valence-electron chi connectivity index (χ1n) is 5.46. The number of imidazole rings is 1. The van der Waals surface area contributed by atoms with E-state index in [0.717, 1.165) is 31.7 Å². The average Bonchev–Trinajstić information content (AvgIpc) is 2.77. The number of hydrogen-bond donors (Lipinski definition) is 0. The van der Waals surface area contributed by atoms with Crippen molar-refractivity contribution in [2.24, 2.45) is 0 Å². The molecule has 0 radical (unpaired) electrons. The SMILES string of the molecule is c1cn2nc(OC3CCOCC3)ccc2n1. The molecule has 0 aliphatic carbocycles. The van der Waals surface area contributed by atoms with Crippen LogP contribution in [0, 0.1) is 0 Å². The van der Waals surface area contributed by atoms with E-state index in [1.807, 2.05) is 18.3 Å². The average molecular weight is 219 g/mol. The maximum Gasteiger partial charge on any atom is 0.232 e. The molecule has 0 aromatic carbocycles. The molecule has 3 rings (SSSR count). The van der Waals surface area contributed by atoms with Crippen molar-refractivity contribution < 1.29 is 9.47 Å². The van der Waals surface area contributed by atoms with Crippen molar-refractivity contribution >= 4 is 5.65 Å². The van der Waals surface area contributed by atoms with E-state index in [2.05, 4.69) is 10.1 Å². The normalized spacial score (nSPS) is 17.8. The van der Waals surface area contributed by atoms with Crippen LogP contribution >= 0.6 is 0 Å². The Bertz CT molecular complexity index is 477. The Balaban J connectivity index is 1.77. The first-order chi connectivity index (χ1) is 7.92. The van der Waals surface area contributed by atoms with Gasteiger partial charge in [-0.3, -0.25) is 0 Å². The predicted octanol–water partition coefficient (Wildman–Crippen LogP) is 1.29. The predicted molar refractivity (Wildman–Crippen MR) is 57.5 cm³/mol. The van der Waals surface area contributed by atoms with E-state index in [9.17, 15) is 0 Å². The van der Waals surface area contributed by atoms with Crippen LogP contribution in [-0.2, 0) is 4.74 Å². The molecule has 2 aromatic heterocycles. The zero-order valence-electron chi connectivity index (χ0n) is 8.87. The van der Waals surface area contributed by atoms with E-state index in [1.165, 1.54) is 0 Å². The van der Waals surface area contributed by atoms with Crippen molar-refractivity contribution in [3.8, 4) is 5.88 Å². The third-order valence-electron chi connectivity index (χ3n) is 2.69. The van der Waals surface area contributed by atoms with Gasteiger partial charge < -0.3 is 9.47 Å². The fourth-order valence-corrected chi connectivity index (χ4v) is 1.83. The highest BCUT2D eigenvalue weighted by atomic mass is 16.5. The maximum absolute atomic E-state index is 5.79. The van der Waals surface area contributed by atoms with Crippen molar-refractivity contribution in [1.29, 1.82) is 0 Å². The van der Waals surface area contributed by atoms with Crippen LogP contribution < -0.4 is 4.74 Å². The zero-order valence-corrected chi connectivity index (χ0v) is 8.87. The van der Waals surface area contributed by atoms with Crippen molar-refractivity contribution in [1.82, 2.24) is 14.6 Å². The molecule has 84 valence electrons. The highest BCUT2D eigenvalue weighted by Crippen LogP contribution is 2.15. The van der Waals surface area contributed by atoms with Gasteiger partial charge in [0.2, 0.25) is 5.88 Å². The van der Waals surface area contributed by atoms with Crippen LogP contribution in [0.15, 0.2) is 24.5 Å². The number of hydrogen-bond acceptors (Lipinski definition) is 4. The van der Waals surface area contributed by atoms with Crippen LogP contribution in [0.3, 0.4) is 0 Å². The quantitative estimate of drug-likeness (QED) is 0.763. The van der Waals surface area contributed by atoms with Gasteiger partial charge in [-0.25, -0.2) is 9.50 Å². The minimum absolute atomic E-state index is 0.224. The fraction of sp³-hybridized carbons (Fsp3) is 0.455. The lowest BCUT2D eigenvalue weighted by atomic mass is 10.2. The lowest BCUT2D eigenvalue weighted by Crippen LogP contribution is -2.26. The van der Waals surface area contributed by atoms with Crippen LogP contribution in [0.2, 0.25) is 0 Å². The Hall–Kier alpha value is -1.62. The van der Waals surface area contributed by atoms with E-state index in [1.54, 1.807) is 10.7 Å². The molecule has 0 amide bonds. The molecular formula is C11H13N3O2. The van der Waals surface area contributed by atoms with Crippen LogP contribution in [0.1, 0.15) is 12.8 Å². The molecule has 1 saturated heterocycles. The Morgan fingerprint density at radius 2 is 2.19 bits per heavy atom. The highest BCUT2D eigenvalue weighted by Gasteiger charge is 2.15. The summed E-state index contributed by atoms with van der Waals surface area (Å²) in [6.45, 7) is 1.55. The first kappa shape index (κ1) is 9.59. The summed E-state index contributed by atoms with van der Waals surface area (Å²) in [5.41, 5.74) is 0.833. The minimum atomic E-state index is 0.224. The van der Waals surface area contributed by atoms with Crippen LogP contribution in [0.25, 0.3) is 5.65 Å². The zero-order chi connectivity index (χ0) is 10.8. The molecule has 0 unspecified atom stereocenters. The van der Waals surface area contributed by atoms with Crippen molar-refractivity contribution in [2.75, 3.05) is 13.2 Å². The molecule has 0 atom stereocenters. The van der Waals surface area contributed by atoms with E-state index >= 15 is 0 Å². The summed E-state index contributed by atoms with van der Waals surface area (Å²) in [5, 5.41) is 4.32. The molecule has 16 heavy (non-hydrogen) atoms. The van der Waals surface area contributed by atoms with Crippen LogP contribution in [0.5, 0.6) is 5.88 Å². The summed E-state index contributed by atoms with van der Waals surface area (Å²) in [6.07, 6.45) is 5.63. The summed E-state index contributed by atoms with van der Waals surface area (Å²) >= 11 is 0. The molecule has 1 fully saturated rings. The largest absolute Gasteiger partial charge is 0.473 e. The fourth-order valence-electron chi connectivity index (χ4n) is 1.83. The first-order valence-corrected chi connectivity index (χ1v) is 5.46. The van der Waals surface area contributed by atoms with Gasteiger partial charge in [0.05, 0.1) is 13.2 Å². The third-order valence-corrected chi connectivity index (χ3v) is 2.69. The highest BCUT2D eigenvalue weighted by molar-refractivity contribution is 5.37. The number of ether oxygens (including phenoxy) is 2. The lowest BCUT2D eigenvalue weighted by Gasteiger charge is -2.22. The van der Waals surface area contributed by atoms with Gasteiger partial charge >= 0.3 is 0 Å².